The highest BCUT2D eigenvalue weighted by molar-refractivity contribution is 9.09. The smallest absolute Gasteiger partial charge is 0.110 e. The van der Waals surface area contributed by atoms with E-state index in [1.165, 1.54) is 0 Å². The number of nitriles is 2. The molecule has 0 aromatic rings. The van der Waals surface area contributed by atoms with Crippen LogP contribution in [0.25, 0.3) is 0 Å². The Balaban J connectivity index is 0.000000180. The van der Waals surface area contributed by atoms with Gasteiger partial charge in [0.15, 0.2) is 0 Å². The van der Waals surface area contributed by atoms with Crippen LogP contribution in [0.4, 0.5) is 8.78 Å². The summed E-state index contributed by atoms with van der Waals surface area (Å²) in [6, 6.07) is 3.83. The van der Waals surface area contributed by atoms with E-state index >= 15 is 0 Å². The molecule has 2 rings (SSSR count). The molecule has 18 heavy (non-hydrogen) atoms. The van der Waals surface area contributed by atoms with Crippen LogP contribution in [0.3, 0.4) is 0 Å². The Bertz CT molecular complexity index is 337. The van der Waals surface area contributed by atoms with Gasteiger partial charge in [-0.1, -0.05) is 15.9 Å². The van der Waals surface area contributed by atoms with Crippen LogP contribution in [0.1, 0.15) is 25.7 Å². The van der Waals surface area contributed by atoms with Crippen molar-refractivity contribution in [1.82, 2.24) is 0 Å². The second kappa shape index (κ2) is 5.95. The van der Waals surface area contributed by atoms with Crippen molar-refractivity contribution in [2.45, 2.75) is 38.0 Å². The van der Waals surface area contributed by atoms with Gasteiger partial charge in [0, 0.05) is 29.0 Å². The van der Waals surface area contributed by atoms with Crippen LogP contribution in [0.2, 0.25) is 0 Å². The van der Waals surface area contributed by atoms with Crippen molar-refractivity contribution in [2.75, 3.05) is 11.9 Å². The second-order valence-electron chi connectivity index (χ2n) is 5.03. The minimum atomic E-state index is -0.942. The third-order valence-corrected chi connectivity index (χ3v) is 4.74. The monoisotopic (exact) mass is 320 g/mol. The van der Waals surface area contributed by atoms with E-state index in [4.69, 9.17) is 15.6 Å². The lowest BCUT2D eigenvalue weighted by Gasteiger charge is -2.02. The number of nitrogens with zero attached hydrogens (tertiary/aromatic N) is 2. The maximum Gasteiger partial charge on any atom is 0.110 e. The number of alkyl halides is 3. The van der Waals surface area contributed by atoms with Gasteiger partial charge in [0.1, 0.15) is 12.3 Å². The second-order valence-corrected chi connectivity index (χ2v) is 5.59. The van der Waals surface area contributed by atoms with Gasteiger partial charge < -0.3 is 5.11 Å². The molecule has 0 radical (unpaired) electrons. The predicted molar refractivity (Wildman–Crippen MR) is 65.2 cm³/mol. The molecule has 2 aliphatic carbocycles. The zero-order valence-electron chi connectivity index (χ0n) is 9.87. The Morgan fingerprint density at radius 3 is 1.61 bits per heavy atom. The van der Waals surface area contributed by atoms with Crippen LogP contribution in [0.15, 0.2) is 0 Å². The van der Waals surface area contributed by atoms with Gasteiger partial charge in [-0.2, -0.15) is 10.5 Å². The Hall–Kier alpha value is -0.720. The minimum Gasteiger partial charge on any atom is -0.396 e. The first-order valence-electron chi connectivity index (χ1n) is 5.69. The molecule has 100 valence electrons. The van der Waals surface area contributed by atoms with Gasteiger partial charge in [-0.3, -0.25) is 0 Å². The Labute approximate surface area is 114 Å². The maximum absolute atomic E-state index is 12.4. The van der Waals surface area contributed by atoms with Gasteiger partial charge in [-0.15, -0.1) is 0 Å². The molecule has 0 spiro atoms. The molecule has 0 aromatic carbocycles. The minimum absolute atomic E-state index is 0.144. The quantitative estimate of drug-likeness (QED) is 0.810. The highest BCUT2D eigenvalue weighted by Gasteiger charge is 2.55. The normalized spacial score (nSPS) is 39.9. The maximum atomic E-state index is 12.4. The van der Waals surface area contributed by atoms with Crippen LogP contribution < -0.4 is 0 Å². The highest BCUT2D eigenvalue weighted by atomic mass is 79.9. The molecule has 2 aliphatic rings. The van der Waals surface area contributed by atoms with Crippen molar-refractivity contribution in [3.63, 3.8) is 0 Å². The first-order chi connectivity index (χ1) is 8.50. The molecule has 0 saturated heterocycles. The van der Waals surface area contributed by atoms with Crippen LogP contribution in [0.5, 0.6) is 0 Å². The first kappa shape index (κ1) is 15.3. The summed E-state index contributed by atoms with van der Waals surface area (Å²) in [5.74, 6) is 0. The van der Waals surface area contributed by atoms with Gasteiger partial charge in [-0.05, 0) is 12.8 Å². The first-order valence-corrected chi connectivity index (χ1v) is 6.81. The summed E-state index contributed by atoms with van der Waals surface area (Å²) in [5.41, 5.74) is -0.983. The van der Waals surface area contributed by atoms with Gasteiger partial charge in [0.2, 0.25) is 0 Å². The number of aliphatic hydroxyl groups is 1. The number of halogens is 3. The van der Waals surface area contributed by atoms with E-state index in [9.17, 15) is 8.78 Å². The lowest BCUT2D eigenvalue weighted by atomic mass is 10.1. The van der Waals surface area contributed by atoms with E-state index in [0.717, 1.165) is 0 Å². The van der Waals surface area contributed by atoms with Crippen molar-refractivity contribution >= 4 is 15.9 Å². The molecular weight excluding hydrogens is 306 g/mol. The Morgan fingerprint density at radius 2 is 1.50 bits per heavy atom. The van der Waals surface area contributed by atoms with Crippen molar-refractivity contribution < 1.29 is 13.9 Å². The third kappa shape index (κ3) is 3.18. The molecule has 2 saturated carbocycles. The summed E-state index contributed by atoms with van der Waals surface area (Å²) in [6.45, 7) is -0.193. The van der Waals surface area contributed by atoms with Crippen LogP contribution in [-0.4, -0.2) is 29.4 Å². The largest absolute Gasteiger partial charge is 0.396 e. The lowest BCUT2D eigenvalue weighted by molar-refractivity contribution is 0.188. The van der Waals surface area contributed by atoms with Gasteiger partial charge in [-0.25, -0.2) is 8.78 Å². The fraction of sp³-hybridized carbons (Fsp3) is 0.833. The van der Waals surface area contributed by atoms with E-state index in [0.29, 0.717) is 24.6 Å². The Morgan fingerprint density at radius 1 is 1.11 bits per heavy atom. The summed E-state index contributed by atoms with van der Waals surface area (Å²) in [4.78, 5) is 0. The van der Waals surface area contributed by atoms with Crippen molar-refractivity contribution in [3.8, 4) is 12.1 Å². The summed E-state index contributed by atoms with van der Waals surface area (Å²) < 4.78 is 24.7. The van der Waals surface area contributed by atoms with E-state index < -0.39 is 17.8 Å². The van der Waals surface area contributed by atoms with Gasteiger partial charge >= 0.3 is 0 Å². The molecule has 3 nitrogen and oxygen atoms in total. The number of rotatable bonds is 4. The predicted octanol–water partition coefficient (Wildman–Crippen LogP) is 2.64. The average Bonchev–Trinajstić information content (AvgIpc) is 3.20. The zero-order valence-corrected chi connectivity index (χ0v) is 11.5. The molecule has 6 heteroatoms. The molecule has 4 unspecified atom stereocenters. The van der Waals surface area contributed by atoms with Gasteiger partial charge in [0.25, 0.3) is 0 Å². The highest BCUT2D eigenvalue weighted by Crippen LogP contribution is 2.52. The molecular formula is C12H15BrF2N2O. The molecule has 2 fully saturated rings. The van der Waals surface area contributed by atoms with Crippen molar-refractivity contribution in [1.29, 1.82) is 10.5 Å². The molecule has 0 amide bonds. The van der Waals surface area contributed by atoms with Crippen molar-refractivity contribution in [3.05, 3.63) is 0 Å². The molecule has 4 atom stereocenters. The van der Waals surface area contributed by atoms with E-state index in [1.54, 1.807) is 0 Å². The molecule has 0 aliphatic heterocycles. The lowest BCUT2D eigenvalue weighted by Crippen LogP contribution is -2.08. The van der Waals surface area contributed by atoms with E-state index in [-0.39, 0.29) is 18.4 Å². The third-order valence-electron chi connectivity index (χ3n) is 3.62. The fourth-order valence-electron chi connectivity index (χ4n) is 1.68. The Kier molecular flexibility index (Phi) is 5.07. The zero-order chi connectivity index (χ0) is 13.8. The SMILES string of the molecule is N#CCC1(CBr)CC1F.N#CCC1(CO)CC1F. The van der Waals surface area contributed by atoms with Crippen LogP contribution >= 0.6 is 15.9 Å². The van der Waals surface area contributed by atoms with Crippen molar-refractivity contribution in [2.24, 2.45) is 10.8 Å². The molecule has 0 bridgehead atoms. The van der Waals surface area contributed by atoms with Crippen LogP contribution in [0, 0.1) is 33.5 Å². The summed E-state index contributed by atoms with van der Waals surface area (Å²) in [7, 11) is 0. The van der Waals surface area contributed by atoms with E-state index in [1.807, 2.05) is 12.1 Å². The summed E-state index contributed by atoms with van der Waals surface area (Å²) in [6.07, 6.45) is -0.272. The summed E-state index contributed by atoms with van der Waals surface area (Å²) >= 11 is 3.18. The van der Waals surface area contributed by atoms with Gasteiger partial charge in [0.05, 0.1) is 18.7 Å². The standard InChI is InChI=1S/C6H7BrFN.C6H8FNO/c7-4-6(1-2-9)3-5(6)8;7-5-3-6(5,4-9)1-2-8/h5H,1,3-4H2;5,9H,1,3-4H2. The topological polar surface area (TPSA) is 67.8 Å². The number of hydrogen-bond donors (Lipinski definition) is 1. The molecule has 0 heterocycles. The fourth-order valence-corrected chi connectivity index (χ4v) is 2.46. The number of aliphatic hydroxyl groups excluding tert-OH is 1. The number of hydrogen-bond acceptors (Lipinski definition) is 3. The summed E-state index contributed by atoms with van der Waals surface area (Å²) in [5, 5.41) is 25.6. The van der Waals surface area contributed by atoms with E-state index in [2.05, 4.69) is 15.9 Å². The average molecular weight is 321 g/mol. The molecule has 1 N–H and O–H groups in total. The molecule has 0 aromatic heterocycles. The van der Waals surface area contributed by atoms with Crippen LogP contribution in [-0.2, 0) is 0 Å².